The maximum Gasteiger partial charge on any atom is 0.0359 e. The molecule has 2 saturated heterocycles. The molecule has 13 heavy (non-hydrogen) atoms. The Labute approximate surface area is 82.1 Å². The average Bonchev–Trinajstić information content (AvgIpc) is 2.14. The SMILES string of the molecule is CS(=O)CCN1CC2CC(C1)C2N. The van der Waals surface area contributed by atoms with Crippen LogP contribution in [0.4, 0.5) is 0 Å². The van der Waals surface area contributed by atoms with Gasteiger partial charge in [-0.15, -0.1) is 0 Å². The van der Waals surface area contributed by atoms with Gasteiger partial charge in [0.2, 0.25) is 0 Å². The zero-order valence-corrected chi connectivity index (χ0v) is 8.93. The second kappa shape index (κ2) is 3.67. The molecular formula is C9H18N2OS. The van der Waals surface area contributed by atoms with Crippen LogP contribution in [0, 0.1) is 11.8 Å². The summed E-state index contributed by atoms with van der Waals surface area (Å²) >= 11 is 0. The smallest absolute Gasteiger partial charge is 0.0359 e. The van der Waals surface area contributed by atoms with Gasteiger partial charge in [0.25, 0.3) is 0 Å². The molecule has 3 nitrogen and oxygen atoms in total. The maximum atomic E-state index is 10.9. The van der Waals surface area contributed by atoms with Crippen molar-refractivity contribution in [3.8, 4) is 0 Å². The highest BCUT2D eigenvalue weighted by Crippen LogP contribution is 2.38. The van der Waals surface area contributed by atoms with E-state index in [4.69, 9.17) is 5.73 Å². The molecule has 0 aromatic heterocycles. The number of piperidine rings is 2. The van der Waals surface area contributed by atoms with E-state index >= 15 is 0 Å². The quantitative estimate of drug-likeness (QED) is 0.680. The van der Waals surface area contributed by atoms with Gasteiger partial charge in [0.1, 0.15) is 0 Å². The zero-order valence-electron chi connectivity index (χ0n) is 8.11. The maximum absolute atomic E-state index is 10.9. The molecule has 3 atom stereocenters. The van der Waals surface area contributed by atoms with Gasteiger partial charge in [-0.05, 0) is 18.3 Å². The van der Waals surface area contributed by atoms with E-state index in [1.165, 1.54) is 6.42 Å². The lowest BCUT2D eigenvalue weighted by molar-refractivity contribution is 0.00627. The lowest BCUT2D eigenvalue weighted by Crippen LogP contribution is -2.62. The number of fused-ring (bicyclic) bond motifs is 2. The van der Waals surface area contributed by atoms with Crippen molar-refractivity contribution in [1.29, 1.82) is 0 Å². The fourth-order valence-electron chi connectivity index (χ4n) is 2.46. The second-order valence-corrected chi connectivity index (χ2v) is 5.92. The van der Waals surface area contributed by atoms with Crippen LogP contribution in [0.3, 0.4) is 0 Å². The first kappa shape index (κ1) is 9.62. The summed E-state index contributed by atoms with van der Waals surface area (Å²) in [4.78, 5) is 2.42. The highest BCUT2D eigenvalue weighted by Gasteiger charge is 2.43. The molecule has 3 unspecified atom stereocenters. The van der Waals surface area contributed by atoms with Gasteiger partial charge in [0.15, 0.2) is 0 Å². The van der Waals surface area contributed by atoms with Gasteiger partial charge in [-0.2, -0.15) is 0 Å². The number of hydrogen-bond donors (Lipinski definition) is 1. The molecule has 3 rings (SSSR count). The minimum Gasteiger partial charge on any atom is -0.327 e. The van der Waals surface area contributed by atoms with Crippen molar-refractivity contribution in [2.24, 2.45) is 17.6 Å². The van der Waals surface area contributed by atoms with E-state index in [1.807, 2.05) is 0 Å². The summed E-state index contributed by atoms with van der Waals surface area (Å²) in [5.41, 5.74) is 5.96. The Balaban J connectivity index is 1.76. The number of nitrogens with zero attached hydrogens (tertiary/aromatic N) is 1. The Kier molecular flexibility index (Phi) is 2.72. The minimum atomic E-state index is -0.645. The Morgan fingerprint density at radius 3 is 2.54 bits per heavy atom. The van der Waals surface area contributed by atoms with Crippen LogP contribution in [-0.4, -0.2) is 46.8 Å². The van der Waals surface area contributed by atoms with Crippen LogP contribution in [0.1, 0.15) is 6.42 Å². The molecule has 3 fully saturated rings. The van der Waals surface area contributed by atoms with Gasteiger partial charge < -0.3 is 10.6 Å². The number of hydrogen-bond acceptors (Lipinski definition) is 3. The highest BCUT2D eigenvalue weighted by molar-refractivity contribution is 7.84. The van der Waals surface area contributed by atoms with Gasteiger partial charge in [0, 0.05) is 48.5 Å². The molecular weight excluding hydrogens is 184 g/mol. The van der Waals surface area contributed by atoms with Crippen molar-refractivity contribution >= 4 is 10.8 Å². The van der Waals surface area contributed by atoms with E-state index in [9.17, 15) is 4.21 Å². The molecule has 2 bridgehead atoms. The number of nitrogens with two attached hydrogens (primary N) is 1. The first-order valence-corrected chi connectivity index (χ1v) is 6.67. The van der Waals surface area contributed by atoms with E-state index in [2.05, 4.69) is 4.90 Å². The first-order chi connectivity index (χ1) is 6.16. The van der Waals surface area contributed by atoms with E-state index < -0.39 is 10.8 Å². The normalized spacial score (nSPS) is 41.2. The van der Waals surface area contributed by atoms with Gasteiger partial charge in [-0.3, -0.25) is 4.21 Å². The average molecular weight is 202 g/mol. The van der Waals surface area contributed by atoms with Crippen LogP contribution in [0.25, 0.3) is 0 Å². The molecule has 4 heteroatoms. The molecule has 0 radical (unpaired) electrons. The Morgan fingerprint density at radius 1 is 1.46 bits per heavy atom. The molecule has 3 aliphatic rings. The van der Waals surface area contributed by atoms with Gasteiger partial charge in [0.05, 0.1) is 0 Å². The molecule has 0 aromatic carbocycles. The van der Waals surface area contributed by atoms with Crippen LogP contribution in [0.15, 0.2) is 0 Å². The van der Waals surface area contributed by atoms with Gasteiger partial charge >= 0.3 is 0 Å². The lowest BCUT2D eigenvalue weighted by atomic mass is 9.67. The number of rotatable bonds is 3. The van der Waals surface area contributed by atoms with E-state index in [-0.39, 0.29) is 0 Å². The van der Waals surface area contributed by atoms with Crippen molar-refractivity contribution < 1.29 is 4.21 Å². The Hall–Kier alpha value is 0.0700. The van der Waals surface area contributed by atoms with Crippen molar-refractivity contribution in [2.75, 3.05) is 31.6 Å². The monoisotopic (exact) mass is 202 g/mol. The predicted octanol–water partition coefficient (Wildman–Crippen LogP) is -0.356. The van der Waals surface area contributed by atoms with Crippen LogP contribution in [0.5, 0.6) is 0 Å². The summed E-state index contributed by atoms with van der Waals surface area (Å²) in [5, 5.41) is 0. The summed E-state index contributed by atoms with van der Waals surface area (Å²) in [5.74, 6) is 2.27. The minimum absolute atomic E-state index is 0.461. The molecule has 0 spiro atoms. The third kappa shape index (κ3) is 1.95. The third-order valence-electron chi connectivity index (χ3n) is 3.37. The van der Waals surface area contributed by atoms with Gasteiger partial charge in [-0.25, -0.2) is 0 Å². The summed E-state index contributed by atoms with van der Waals surface area (Å²) in [6.45, 7) is 3.26. The molecule has 0 amide bonds. The van der Waals surface area contributed by atoms with Crippen molar-refractivity contribution in [2.45, 2.75) is 12.5 Å². The van der Waals surface area contributed by atoms with Crippen molar-refractivity contribution in [3.05, 3.63) is 0 Å². The van der Waals surface area contributed by atoms with E-state index in [0.29, 0.717) is 6.04 Å². The summed E-state index contributed by atoms with van der Waals surface area (Å²) in [6.07, 6.45) is 3.10. The molecule has 0 aromatic rings. The van der Waals surface area contributed by atoms with Gasteiger partial charge in [-0.1, -0.05) is 0 Å². The molecule has 2 heterocycles. The molecule has 1 saturated carbocycles. The van der Waals surface area contributed by atoms with Crippen LogP contribution in [-0.2, 0) is 10.8 Å². The molecule has 2 aliphatic heterocycles. The second-order valence-electron chi connectivity index (χ2n) is 4.37. The highest BCUT2D eigenvalue weighted by atomic mass is 32.2. The standard InChI is InChI=1S/C9H18N2OS/c1-13(12)3-2-11-5-7-4-8(6-11)9(7)10/h7-9H,2-6,10H2,1H3. The van der Waals surface area contributed by atoms with Crippen molar-refractivity contribution in [3.63, 3.8) is 0 Å². The van der Waals surface area contributed by atoms with Crippen LogP contribution >= 0.6 is 0 Å². The molecule has 1 aliphatic carbocycles. The third-order valence-corrected chi connectivity index (χ3v) is 4.13. The zero-order chi connectivity index (χ0) is 9.42. The molecule has 76 valence electrons. The largest absolute Gasteiger partial charge is 0.327 e. The molecule has 2 N–H and O–H groups in total. The summed E-state index contributed by atoms with van der Waals surface area (Å²) in [7, 11) is -0.645. The first-order valence-electron chi connectivity index (χ1n) is 4.95. The summed E-state index contributed by atoms with van der Waals surface area (Å²) < 4.78 is 10.9. The predicted molar refractivity (Wildman–Crippen MR) is 54.9 cm³/mol. The van der Waals surface area contributed by atoms with E-state index in [1.54, 1.807) is 6.26 Å². The fraction of sp³-hybridized carbons (Fsp3) is 1.00. The summed E-state index contributed by atoms with van der Waals surface area (Å²) in [6, 6.07) is 0.461. The van der Waals surface area contributed by atoms with E-state index in [0.717, 1.165) is 37.2 Å². The Bertz CT molecular complexity index is 210. The fourth-order valence-corrected chi connectivity index (χ4v) is 2.98. The van der Waals surface area contributed by atoms with Crippen LogP contribution < -0.4 is 5.73 Å². The Morgan fingerprint density at radius 2 is 2.08 bits per heavy atom. The lowest BCUT2D eigenvalue weighted by Gasteiger charge is -2.52. The van der Waals surface area contributed by atoms with Crippen LogP contribution in [0.2, 0.25) is 0 Å². The topological polar surface area (TPSA) is 46.3 Å². The van der Waals surface area contributed by atoms with Crippen molar-refractivity contribution in [1.82, 2.24) is 4.90 Å².